The number of hydrogen-bond donors (Lipinski definition) is 1. The van der Waals surface area contributed by atoms with Crippen LogP contribution < -0.4 is 15.5 Å². The van der Waals surface area contributed by atoms with Crippen LogP contribution >= 0.6 is 0 Å². The molecule has 7 rings (SSSR count). The van der Waals surface area contributed by atoms with Crippen LogP contribution in [0.1, 0.15) is 23.7 Å². The predicted molar refractivity (Wildman–Crippen MR) is 148 cm³/mol. The van der Waals surface area contributed by atoms with Crippen LogP contribution in [0.25, 0.3) is 38.5 Å². The van der Waals surface area contributed by atoms with Crippen molar-refractivity contribution in [1.82, 2.24) is 14.1 Å². The van der Waals surface area contributed by atoms with E-state index in [1.807, 2.05) is 41.1 Å². The van der Waals surface area contributed by atoms with E-state index in [1.165, 1.54) is 6.20 Å². The highest BCUT2D eigenvalue weighted by molar-refractivity contribution is 6.07. The number of hydrogen-bond acceptors (Lipinski definition) is 7. The van der Waals surface area contributed by atoms with E-state index >= 15 is 4.39 Å². The monoisotopic (exact) mass is 538 g/mol. The van der Waals surface area contributed by atoms with Gasteiger partial charge in [-0.3, -0.25) is 4.79 Å². The molecule has 3 aromatic heterocycles. The number of aryl methyl sites for hydroxylation is 1. The number of fused-ring (bicyclic) bond motifs is 5. The topological polar surface area (TPSA) is 101 Å². The number of nitrogens with one attached hydrogen (secondary N) is 1. The van der Waals surface area contributed by atoms with Gasteiger partial charge >= 0.3 is 5.97 Å². The Bertz CT molecular complexity index is 2010. The van der Waals surface area contributed by atoms with Gasteiger partial charge in [0, 0.05) is 48.5 Å². The fourth-order valence-electron chi connectivity index (χ4n) is 5.25. The van der Waals surface area contributed by atoms with Gasteiger partial charge in [-0.25, -0.2) is 14.2 Å². The fourth-order valence-corrected chi connectivity index (χ4v) is 5.25. The summed E-state index contributed by atoms with van der Waals surface area (Å²) >= 11 is 0. The summed E-state index contributed by atoms with van der Waals surface area (Å²) in [4.78, 5) is 30.2. The summed E-state index contributed by atoms with van der Waals surface area (Å²) in [6.07, 6.45) is 7.42. The molecule has 0 spiro atoms. The molecule has 0 atom stereocenters. The first-order chi connectivity index (χ1) is 19.5. The van der Waals surface area contributed by atoms with Crippen molar-refractivity contribution in [1.29, 1.82) is 0 Å². The number of carbonyl (C=O) groups excluding carboxylic acids is 1. The number of ether oxygens (including phenoxy) is 2. The van der Waals surface area contributed by atoms with Crippen LogP contribution in [-0.2, 0) is 11.3 Å². The van der Waals surface area contributed by atoms with Gasteiger partial charge in [0.1, 0.15) is 27.9 Å². The molecule has 0 saturated heterocycles. The first-order valence-electron chi connectivity index (χ1n) is 13.0. The lowest BCUT2D eigenvalue weighted by Gasteiger charge is -2.26. The Hall–Kier alpha value is -5.12. The molecule has 1 N–H and O–H groups in total. The summed E-state index contributed by atoms with van der Waals surface area (Å²) in [5.41, 5.74) is 1.52. The Kier molecular flexibility index (Phi) is 5.55. The molecule has 200 valence electrons. The van der Waals surface area contributed by atoms with Crippen LogP contribution in [0, 0.1) is 5.82 Å². The molecule has 0 bridgehead atoms. The van der Waals surface area contributed by atoms with Crippen molar-refractivity contribution >= 4 is 44.5 Å². The normalized spacial score (nSPS) is 12.1. The molecular formula is C30H23FN4O5. The van der Waals surface area contributed by atoms with E-state index < -0.39 is 17.2 Å². The van der Waals surface area contributed by atoms with Gasteiger partial charge in [0.25, 0.3) is 0 Å². The molecule has 1 aliphatic rings. The predicted octanol–water partition coefficient (Wildman–Crippen LogP) is 6.01. The van der Waals surface area contributed by atoms with Crippen molar-refractivity contribution < 1.29 is 23.1 Å². The average Bonchev–Trinajstić information content (AvgIpc) is 3.60. The zero-order valence-electron chi connectivity index (χ0n) is 21.4. The number of rotatable bonds is 7. The van der Waals surface area contributed by atoms with Crippen LogP contribution in [0.5, 0.6) is 11.5 Å². The zero-order chi connectivity index (χ0) is 27.4. The lowest BCUT2D eigenvalue weighted by molar-refractivity contribution is 0.0524. The van der Waals surface area contributed by atoms with Gasteiger partial charge in [-0.2, -0.15) is 0 Å². The molecule has 0 amide bonds. The molecule has 10 heteroatoms. The summed E-state index contributed by atoms with van der Waals surface area (Å²) in [5.74, 6) is -0.837. The van der Waals surface area contributed by atoms with Gasteiger partial charge in [0.2, 0.25) is 5.43 Å². The van der Waals surface area contributed by atoms with Crippen LogP contribution in [-0.4, -0.2) is 33.2 Å². The van der Waals surface area contributed by atoms with Crippen molar-refractivity contribution in [2.24, 2.45) is 0 Å². The Morgan fingerprint density at radius 1 is 1.12 bits per heavy atom. The van der Waals surface area contributed by atoms with E-state index in [4.69, 9.17) is 13.9 Å². The summed E-state index contributed by atoms with van der Waals surface area (Å²) in [6, 6.07) is 12.4. The van der Waals surface area contributed by atoms with E-state index in [0.29, 0.717) is 47.6 Å². The number of imidazole rings is 1. The number of para-hydroxylation sites is 1. The van der Waals surface area contributed by atoms with Crippen LogP contribution in [0.3, 0.4) is 0 Å². The maximum atomic E-state index is 15.6. The van der Waals surface area contributed by atoms with E-state index in [9.17, 15) is 9.59 Å². The lowest BCUT2D eigenvalue weighted by atomic mass is 10.1. The molecule has 3 aromatic carbocycles. The van der Waals surface area contributed by atoms with Crippen molar-refractivity contribution in [3.8, 4) is 17.2 Å². The molecule has 4 heterocycles. The minimum absolute atomic E-state index is 0.0115. The minimum Gasteiger partial charge on any atom is -0.462 e. The smallest absolute Gasteiger partial charge is 0.343 e. The summed E-state index contributed by atoms with van der Waals surface area (Å²) in [5, 5.41) is 4.90. The molecule has 6 aromatic rings. The highest BCUT2D eigenvalue weighted by atomic mass is 19.1. The molecule has 0 radical (unpaired) electrons. The van der Waals surface area contributed by atoms with Gasteiger partial charge < -0.3 is 28.3 Å². The largest absolute Gasteiger partial charge is 0.462 e. The third-order valence-corrected chi connectivity index (χ3v) is 7.07. The second-order valence-electron chi connectivity index (χ2n) is 9.52. The first-order valence-corrected chi connectivity index (χ1v) is 13.0. The number of pyridine rings is 1. The third kappa shape index (κ3) is 3.71. The van der Waals surface area contributed by atoms with Crippen molar-refractivity contribution in [3.63, 3.8) is 0 Å². The number of benzene rings is 3. The van der Waals surface area contributed by atoms with Gasteiger partial charge in [0.15, 0.2) is 17.3 Å². The number of carbonyl (C=O) groups is 1. The number of halogens is 1. The lowest BCUT2D eigenvalue weighted by Crippen LogP contribution is -2.23. The van der Waals surface area contributed by atoms with Crippen molar-refractivity contribution in [2.75, 3.05) is 18.5 Å². The fraction of sp³-hybridized carbons (Fsp3) is 0.167. The Morgan fingerprint density at radius 3 is 2.83 bits per heavy atom. The minimum atomic E-state index is -0.778. The molecule has 0 fully saturated rings. The summed E-state index contributed by atoms with van der Waals surface area (Å²) in [6.45, 7) is 2.89. The van der Waals surface area contributed by atoms with Gasteiger partial charge in [-0.1, -0.05) is 18.2 Å². The maximum Gasteiger partial charge on any atom is 0.343 e. The first kappa shape index (κ1) is 24.0. The number of aromatic nitrogens is 3. The maximum absolute atomic E-state index is 15.6. The van der Waals surface area contributed by atoms with Gasteiger partial charge in [0.05, 0.1) is 24.0 Å². The van der Waals surface area contributed by atoms with Crippen LogP contribution in [0.15, 0.2) is 76.6 Å². The molecule has 0 saturated carbocycles. The number of esters is 1. The summed E-state index contributed by atoms with van der Waals surface area (Å²) < 4.78 is 36.8. The van der Waals surface area contributed by atoms with E-state index in [2.05, 4.69) is 10.3 Å². The highest BCUT2D eigenvalue weighted by Gasteiger charge is 2.29. The van der Waals surface area contributed by atoms with E-state index in [0.717, 1.165) is 16.8 Å². The second-order valence-corrected chi connectivity index (χ2v) is 9.52. The standard InChI is InChI=1S/C30H23FN4O5/c1-2-38-30(37)20-15-35-22-14-24-18(17-6-3-4-7-23(17)39-24)13-25(22)40-29-26(21(31)12-19(27(29)35)28(20)36)33-8-5-10-34-11-9-32-16-34/h3-4,6-7,9,11-16,33H,2,5,8,10H2,1H3. The third-order valence-electron chi connectivity index (χ3n) is 7.07. The molecule has 0 aliphatic carbocycles. The average molecular weight is 539 g/mol. The molecule has 9 nitrogen and oxygen atoms in total. The number of nitrogens with zero attached hydrogens (tertiary/aromatic N) is 3. The molecule has 1 aliphatic heterocycles. The highest BCUT2D eigenvalue weighted by Crippen LogP contribution is 2.47. The Balaban J connectivity index is 1.42. The SMILES string of the molecule is CCOC(=O)c1cn2c3c(c(NCCCn4ccnc4)c(F)cc3c1=O)Oc1cc3c(cc1-2)oc1ccccc13. The Morgan fingerprint density at radius 2 is 2.00 bits per heavy atom. The second kappa shape index (κ2) is 9.26. The number of anilines is 1. The van der Waals surface area contributed by atoms with E-state index in [1.54, 1.807) is 30.1 Å². The summed E-state index contributed by atoms with van der Waals surface area (Å²) in [7, 11) is 0. The quantitative estimate of drug-likeness (QED) is 0.196. The van der Waals surface area contributed by atoms with Gasteiger partial charge in [-0.05, 0) is 31.5 Å². The molecule has 0 unspecified atom stereocenters. The van der Waals surface area contributed by atoms with Gasteiger partial charge in [-0.15, -0.1) is 0 Å². The van der Waals surface area contributed by atoms with Crippen molar-refractivity contribution in [3.05, 3.63) is 89.0 Å². The van der Waals surface area contributed by atoms with Crippen LogP contribution in [0.2, 0.25) is 0 Å². The number of furan rings is 1. The molecule has 40 heavy (non-hydrogen) atoms. The Labute approximate surface area is 226 Å². The van der Waals surface area contributed by atoms with Crippen molar-refractivity contribution in [2.45, 2.75) is 19.9 Å². The van der Waals surface area contributed by atoms with E-state index in [-0.39, 0.29) is 29.0 Å². The van der Waals surface area contributed by atoms with Crippen LogP contribution in [0.4, 0.5) is 10.1 Å². The molecular weight excluding hydrogens is 515 g/mol. The zero-order valence-corrected chi connectivity index (χ0v) is 21.4.